The van der Waals surface area contributed by atoms with E-state index in [2.05, 4.69) is 20.1 Å². The van der Waals surface area contributed by atoms with Gasteiger partial charge < -0.3 is 9.51 Å². The van der Waals surface area contributed by atoms with Crippen LogP contribution in [0, 0.1) is 0 Å². The average molecular weight is 351 g/mol. The van der Waals surface area contributed by atoms with Gasteiger partial charge >= 0.3 is 0 Å². The molecule has 0 aliphatic rings. The molecule has 0 spiro atoms. The zero-order valence-electron chi connectivity index (χ0n) is 12.8. The SMILES string of the molecule is O=c1[nH]c(-c2ccccc2)ncc1-c1nc(-c2ccccc2Cl)no1. The smallest absolute Gasteiger partial charge is 0.265 e. The number of nitrogens with one attached hydrogen (secondary N) is 1. The van der Waals surface area contributed by atoms with Crippen LogP contribution >= 0.6 is 11.6 Å². The number of rotatable bonds is 3. The minimum absolute atomic E-state index is 0.0864. The lowest BCUT2D eigenvalue weighted by molar-refractivity contribution is 0.431. The number of aromatic nitrogens is 4. The maximum atomic E-state index is 12.4. The molecule has 0 aliphatic heterocycles. The van der Waals surface area contributed by atoms with Crippen LogP contribution in [0.4, 0.5) is 0 Å². The van der Waals surface area contributed by atoms with E-state index in [1.165, 1.54) is 6.20 Å². The first-order valence-corrected chi connectivity index (χ1v) is 7.84. The summed E-state index contributed by atoms with van der Waals surface area (Å²) in [5.41, 5.74) is 1.28. The second-order valence-electron chi connectivity index (χ2n) is 5.24. The number of aromatic amines is 1. The third-order valence-corrected chi connectivity index (χ3v) is 3.95. The Labute approximate surface area is 147 Å². The third-order valence-electron chi connectivity index (χ3n) is 3.62. The lowest BCUT2D eigenvalue weighted by Crippen LogP contribution is -2.11. The quantitative estimate of drug-likeness (QED) is 0.607. The Bertz CT molecular complexity index is 1090. The van der Waals surface area contributed by atoms with Crippen LogP contribution in [0.5, 0.6) is 0 Å². The topological polar surface area (TPSA) is 84.7 Å². The van der Waals surface area contributed by atoms with Gasteiger partial charge in [0.05, 0.1) is 5.02 Å². The number of nitrogens with zero attached hydrogens (tertiary/aromatic N) is 3. The summed E-state index contributed by atoms with van der Waals surface area (Å²) in [6, 6.07) is 16.5. The van der Waals surface area contributed by atoms with Gasteiger partial charge in [-0.1, -0.05) is 59.2 Å². The number of hydrogen-bond acceptors (Lipinski definition) is 5. The van der Waals surface area contributed by atoms with Crippen molar-refractivity contribution in [3.05, 3.63) is 76.2 Å². The molecule has 0 radical (unpaired) electrons. The Morgan fingerprint density at radius 1 is 0.960 bits per heavy atom. The Hall–Kier alpha value is -3.25. The molecule has 6 nitrogen and oxygen atoms in total. The molecular formula is C18H11ClN4O2. The molecule has 0 amide bonds. The zero-order chi connectivity index (χ0) is 17.2. The maximum absolute atomic E-state index is 12.4. The molecule has 0 aliphatic carbocycles. The summed E-state index contributed by atoms with van der Waals surface area (Å²) in [6.45, 7) is 0. The Morgan fingerprint density at radius 3 is 2.48 bits per heavy atom. The summed E-state index contributed by atoms with van der Waals surface area (Å²) >= 11 is 6.13. The summed E-state index contributed by atoms with van der Waals surface area (Å²) in [7, 11) is 0. The summed E-state index contributed by atoms with van der Waals surface area (Å²) in [4.78, 5) is 23.6. The number of hydrogen-bond donors (Lipinski definition) is 1. The van der Waals surface area contributed by atoms with E-state index < -0.39 is 0 Å². The van der Waals surface area contributed by atoms with Crippen molar-refractivity contribution in [2.24, 2.45) is 0 Å². The fraction of sp³-hybridized carbons (Fsp3) is 0. The van der Waals surface area contributed by atoms with Crippen molar-refractivity contribution < 1.29 is 4.52 Å². The van der Waals surface area contributed by atoms with Gasteiger partial charge in [-0.15, -0.1) is 0 Å². The van der Waals surface area contributed by atoms with E-state index in [-0.39, 0.29) is 17.0 Å². The van der Waals surface area contributed by atoms with Crippen LogP contribution in [-0.4, -0.2) is 20.1 Å². The first-order chi connectivity index (χ1) is 12.2. The molecule has 7 heteroatoms. The molecule has 1 N–H and O–H groups in total. The summed E-state index contributed by atoms with van der Waals surface area (Å²) in [5, 5.41) is 4.40. The van der Waals surface area contributed by atoms with Crippen LogP contribution in [0.15, 0.2) is 70.1 Å². The second-order valence-corrected chi connectivity index (χ2v) is 5.65. The fourth-order valence-electron chi connectivity index (χ4n) is 2.37. The van der Waals surface area contributed by atoms with E-state index in [9.17, 15) is 4.79 Å². The van der Waals surface area contributed by atoms with Gasteiger partial charge in [0.25, 0.3) is 11.4 Å². The molecule has 4 aromatic rings. The van der Waals surface area contributed by atoms with Gasteiger partial charge in [0, 0.05) is 17.3 Å². The Balaban J connectivity index is 1.72. The van der Waals surface area contributed by atoms with E-state index >= 15 is 0 Å². The predicted molar refractivity (Wildman–Crippen MR) is 94.0 cm³/mol. The molecule has 0 bridgehead atoms. The van der Waals surface area contributed by atoms with Crippen molar-refractivity contribution >= 4 is 11.6 Å². The lowest BCUT2D eigenvalue weighted by Gasteiger charge is -2.00. The van der Waals surface area contributed by atoms with Gasteiger partial charge in [0.15, 0.2) is 0 Å². The molecule has 0 saturated heterocycles. The fourth-order valence-corrected chi connectivity index (χ4v) is 2.60. The number of H-pyrrole nitrogens is 1. The first-order valence-electron chi connectivity index (χ1n) is 7.46. The molecule has 4 rings (SSSR count). The summed E-state index contributed by atoms with van der Waals surface area (Å²) in [5.74, 6) is 0.871. The molecule has 0 unspecified atom stereocenters. The van der Waals surface area contributed by atoms with Crippen molar-refractivity contribution in [1.82, 2.24) is 20.1 Å². The minimum atomic E-state index is -0.358. The van der Waals surface area contributed by atoms with Crippen LogP contribution in [0.25, 0.3) is 34.2 Å². The molecule has 122 valence electrons. The maximum Gasteiger partial charge on any atom is 0.265 e. The highest BCUT2D eigenvalue weighted by Gasteiger charge is 2.16. The zero-order valence-corrected chi connectivity index (χ0v) is 13.6. The summed E-state index contributed by atoms with van der Waals surface area (Å²) < 4.78 is 5.21. The van der Waals surface area contributed by atoms with E-state index in [0.29, 0.717) is 22.2 Å². The molecule has 2 aromatic carbocycles. The van der Waals surface area contributed by atoms with Crippen molar-refractivity contribution in [3.63, 3.8) is 0 Å². The molecule has 0 fully saturated rings. The van der Waals surface area contributed by atoms with Crippen LogP contribution in [0.2, 0.25) is 5.02 Å². The predicted octanol–water partition coefficient (Wildman–Crippen LogP) is 3.81. The van der Waals surface area contributed by atoms with Crippen LogP contribution in [-0.2, 0) is 0 Å². The third kappa shape index (κ3) is 2.95. The van der Waals surface area contributed by atoms with Crippen molar-refractivity contribution in [2.75, 3.05) is 0 Å². The van der Waals surface area contributed by atoms with Crippen LogP contribution < -0.4 is 5.56 Å². The highest BCUT2D eigenvalue weighted by molar-refractivity contribution is 6.33. The van der Waals surface area contributed by atoms with Gasteiger partial charge in [0.2, 0.25) is 5.82 Å². The van der Waals surface area contributed by atoms with Gasteiger partial charge in [-0.25, -0.2) is 4.98 Å². The number of benzene rings is 2. The van der Waals surface area contributed by atoms with E-state index in [4.69, 9.17) is 16.1 Å². The largest absolute Gasteiger partial charge is 0.333 e. The van der Waals surface area contributed by atoms with Crippen molar-refractivity contribution in [1.29, 1.82) is 0 Å². The van der Waals surface area contributed by atoms with Crippen LogP contribution in [0.3, 0.4) is 0 Å². The van der Waals surface area contributed by atoms with Crippen molar-refractivity contribution in [2.45, 2.75) is 0 Å². The lowest BCUT2D eigenvalue weighted by atomic mass is 10.2. The van der Waals surface area contributed by atoms with Gasteiger partial charge in [0.1, 0.15) is 11.4 Å². The van der Waals surface area contributed by atoms with Gasteiger partial charge in [-0.2, -0.15) is 4.98 Å². The first kappa shape index (κ1) is 15.3. The minimum Gasteiger partial charge on any atom is -0.333 e. The van der Waals surface area contributed by atoms with Crippen molar-refractivity contribution in [3.8, 4) is 34.2 Å². The van der Waals surface area contributed by atoms with E-state index in [1.54, 1.807) is 12.1 Å². The highest BCUT2D eigenvalue weighted by Crippen LogP contribution is 2.26. The number of halogens is 1. The molecule has 2 aromatic heterocycles. The molecule has 2 heterocycles. The molecular weight excluding hydrogens is 340 g/mol. The standard InChI is InChI=1S/C18H11ClN4O2/c19-14-9-5-4-8-12(14)16-22-18(25-23-16)13-10-20-15(21-17(13)24)11-6-2-1-3-7-11/h1-10H,(H,20,21,24). The average Bonchev–Trinajstić information content (AvgIpc) is 3.12. The molecule has 25 heavy (non-hydrogen) atoms. The Morgan fingerprint density at radius 2 is 1.72 bits per heavy atom. The highest BCUT2D eigenvalue weighted by atomic mass is 35.5. The second kappa shape index (κ2) is 6.33. The van der Waals surface area contributed by atoms with Crippen LogP contribution in [0.1, 0.15) is 0 Å². The van der Waals surface area contributed by atoms with E-state index in [1.807, 2.05) is 42.5 Å². The summed E-state index contributed by atoms with van der Waals surface area (Å²) in [6.07, 6.45) is 1.42. The molecule has 0 atom stereocenters. The Kier molecular flexibility index (Phi) is 3.87. The molecule has 0 saturated carbocycles. The van der Waals surface area contributed by atoms with Gasteiger partial charge in [-0.3, -0.25) is 4.79 Å². The monoisotopic (exact) mass is 350 g/mol. The van der Waals surface area contributed by atoms with E-state index in [0.717, 1.165) is 5.56 Å². The van der Waals surface area contributed by atoms with Gasteiger partial charge in [-0.05, 0) is 12.1 Å². The normalized spacial score (nSPS) is 10.8.